The van der Waals surface area contributed by atoms with Crippen LogP contribution in [0.5, 0.6) is 0 Å². The van der Waals surface area contributed by atoms with E-state index >= 15 is 0 Å². The van der Waals surface area contributed by atoms with Crippen LogP contribution in [0.1, 0.15) is 19.8 Å². The molecule has 1 nitrogen and oxygen atoms in total. The second-order valence-corrected chi connectivity index (χ2v) is 2.47. The van der Waals surface area contributed by atoms with Crippen LogP contribution in [0.25, 0.3) is 0 Å². The van der Waals surface area contributed by atoms with Crippen molar-refractivity contribution >= 4 is 0 Å². The minimum atomic E-state index is 0.502. The van der Waals surface area contributed by atoms with Crippen molar-refractivity contribution in [3.63, 3.8) is 0 Å². The van der Waals surface area contributed by atoms with E-state index in [1.54, 1.807) is 0 Å². The fourth-order valence-corrected chi connectivity index (χ4v) is 0.690. The molecule has 1 aliphatic carbocycles. The summed E-state index contributed by atoms with van der Waals surface area (Å²) in [5.74, 6) is 0. The molecule has 0 aliphatic heterocycles. The normalized spacial score (nSPS) is 22.6. The van der Waals surface area contributed by atoms with Crippen LogP contribution >= 0.6 is 0 Å². The van der Waals surface area contributed by atoms with E-state index in [4.69, 9.17) is 0 Å². The highest BCUT2D eigenvalue weighted by Gasteiger charge is 2.21. The lowest BCUT2D eigenvalue weighted by atomic mass is 10.3. The molecular formula is C7H13N. The molecule has 0 spiro atoms. The molecule has 8 heavy (non-hydrogen) atoms. The smallest absolute Gasteiger partial charge is 0.0221 e. The van der Waals surface area contributed by atoms with E-state index in [0.29, 0.717) is 6.04 Å². The number of hydrogen-bond acceptors (Lipinski definition) is 1. The Labute approximate surface area is 50.8 Å². The molecule has 1 fully saturated rings. The molecule has 0 aromatic heterocycles. The Bertz CT molecular complexity index is 84.4. The van der Waals surface area contributed by atoms with E-state index in [1.807, 2.05) is 6.08 Å². The Morgan fingerprint density at radius 2 is 2.38 bits per heavy atom. The van der Waals surface area contributed by atoms with Gasteiger partial charge in [0, 0.05) is 12.1 Å². The van der Waals surface area contributed by atoms with Gasteiger partial charge in [-0.2, -0.15) is 0 Å². The van der Waals surface area contributed by atoms with Crippen molar-refractivity contribution in [2.24, 2.45) is 0 Å². The minimum absolute atomic E-state index is 0.502. The van der Waals surface area contributed by atoms with Crippen molar-refractivity contribution in [3.8, 4) is 0 Å². The molecule has 1 saturated carbocycles. The van der Waals surface area contributed by atoms with E-state index in [1.165, 1.54) is 12.8 Å². The summed E-state index contributed by atoms with van der Waals surface area (Å²) in [6, 6.07) is 1.31. The summed E-state index contributed by atoms with van der Waals surface area (Å²) in [5, 5.41) is 3.39. The highest BCUT2D eigenvalue weighted by molar-refractivity contribution is 4.89. The van der Waals surface area contributed by atoms with Crippen LogP contribution in [0, 0.1) is 0 Å². The SMILES string of the molecule is C=CC(C)NC1CC1. The van der Waals surface area contributed by atoms with Crippen molar-refractivity contribution in [3.05, 3.63) is 12.7 Å². The average molecular weight is 111 g/mol. The number of rotatable bonds is 3. The van der Waals surface area contributed by atoms with E-state index in [2.05, 4.69) is 18.8 Å². The molecule has 1 unspecified atom stereocenters. The van der Waals surface area contributed by atoms with Gasteiger partial charge in [0.05, 0.1) is 0 Å². The van der Waals surface area contributed by atoms with E-state index < -0.39 is 0 Å². The van der Waals surface area contributed by atoms with Crippen LogP contribution in [-0.2, 0) is 0 Å². The van der Waals surface area contributed by atoms with E-state index in [9.17, 15) is 0 Å². The number of hydrogen-bond donors (Lipinski definition) is 1. The predicted octanol–water partition coefficient (Wildman–Crippen LogP) is 1.31. The van der Waals surface area contributed by atoms with Crippen LogP contribution < -0.4 is 5.32 Å². The van der Waals surface area contributed by atoms with Gasteiger partial charge in [-0.05, 0) is 19.8 Å². The Morgan fingerprint density at radius 1 is 1.75 bits per heavy atom. The van der Waals surface area contributed by atoms with Gasteiger partial charge in [-0.15, -0.1) is 6.58 Å². The summed E-state index contributed by atoms with van der Waals surface area (Å²) in [4.78, 5) is 0. The van der Waals surface area contributed by atoms with Crippen molar-refractivity contribution in [2.45, 2.75) is 31.8 Å². The molecule has 1 atom stereocenters. The molecule has 0 aromatic carbocycles. The largest absolute Gasteiger partial charge is 0.308 e. The van der Waals surface area contributed by atoms with Crippen molar-refractivity contribution in [1.29, 1.82) is 0 Å². The van der Waals surface area contributed by atoms with Crippen molar-refractivity contribution in [1.82, 2.24) is 5.32 Å². The van der Waals surface area contributed by atoms with Gasteiger partial charge >= 0.3 is 0 Å². The lowest BCUT2D eigenvalue weighted by Gasteiger charge is -2.04. The maximum Gasteiger partial charge on any atom is 0.0221 e. The minimum Gasteiger partial charge on any atom is -0.308 e. The molecule has 46 valence electrons. The molecule has 0 aromatic rings. The third kappa shape index (κ3) is 1.66. The summed E-state index contributed by atoms with van der Waals surface area (Å²) in [5.41, 5.74) is 0. The molecule has 0 saturated heterocycles. The van der Waals surface area contributed by atoms with Gasteiger partial charge in [0.25, 0.3) is 0 Å². The summed E-state index contributed by atoms with van der Waals surface area (Å²) >= 11 is 0. The van der Waals surface area contributed by atoms with Crippen LogP contribution in [-0.4, -0.2) is 12.1 Å². The lowest BCUT2D eigenvalue weighted by Crippen LogP contribution is -2.25. The maximum absolute atomic E-state index is 3.68. The standard InChI is InChI=1S/C7H13N/c1-3-6(2)8-7-4-5-7/h3,6-8H,1,4-5H2,2H3. The van der Waals surface area contributed by atoms with Crippen LogP contribution in [0.3, 0.4) is 0 Å². The fourth-order valence-electron chi connectivity index (χ4n) is 0.690. The molecule has 0 bridgehead atoms. The Kier molecular flexibility index (Phi) is 1.69. The molecule has 0 heterocycles. The zero-order valence-corrected chi connectivity index (χ0v) is 5.35. The molecule has 1 N–H and O–H groups in total. The molecule has 1 rings (SSSR count). The van der Waals surface area contributed by atoms with E-state index in [-0.39, 0.29) is 0 Å². The van der Waals surface area contributed by atoms with Crippen molar-refractivity contribution in [2.75, 3.05) is 0 Å². The summed E-state index contributed by atoms with van der Waals surface area (Å²) in [6.07, 6.45) is 4.66. The van der Waals surface area contributed by atoms with Crippen LogP contribution in [0.15, 0.2) is 12.7 Å². The molecule has 0 radical (unpaired) electrons. The topological polar surface area (TPSA) is 12.0 Å². The summed E-state index contributed by atoms with van der Waals surface area (Å²) in [6.45, 7) is 5.81. The first-order valence-corrected chi connectivity index (χ1v) is 3.21. The Morgan fingerprint density at radius 3 is 2.75 bits per heavy atom. The van der Waals surface area contributed by atoms with Gasteiger partial charge in [0.15, 0.2) is 0 Å². The monoisotopic (exact) mass is 111 g/mol. The van der Waals surface area contributed by atoms with Gasteiger partial charge < -0.3 is 5.32 Å². The molecule has 0 amide bonds. The van der Waals surface area contributed by atoms with E-state index in [0.717, 1.165) is 6.04 Å². The summed E-state index contributed by atoms with van der Waals surface area (Å²) < 4.78 is 0. The van der Waals surface area contributed by atoms with Gasteiger partial charge in [-0.25, -0.2) is 0 Å². The molecular weight excluding hydrogens is 98.1 g/mol. The second-order valence-electron chi connectivity index (χ2n) is 2.47. The van der Waals surface area contributed by atoms with Crippen molar-refractivity contribution < 1.29 is 0 Å². The predicted molar refractivity (Wildman–Crippen MR) is 35.8 cm³/mol. The third-order valence-corrected chi connectivity index (χ3v) is 1.43. The van der Waals surface area contributed by atoms with Gasteiger partial charge in [-0.3, -0.25) is 0 Å². The van der Waals surface area contributed by atoms with Crippen LogP contribution in [0.4, 0.5) is 0 Å². The maximum atomic E-state index is 3.68. The van der Waals surface area contributed by atoms with Gasteiger partial charge in [-0.1, -0.05) is 6.08 Å². The second kappa shape index (κ2) is 2.31. The zero-order valence-electron chi connectivity index (χ0n) is 5.35. The first-order valence-electron chi connectivity index (χ1n) is 3.21. The highest BCUT2D eigenvalue weighted by Crippen LogP contribution is 2.19. The summed E-state index contributed by atoms with van der Waals surface area (Å²) in [7, 11) is 0. The number of nitrogens with one attached hydrogen (secondary N) is 1. The lowest BCUT2D eigenvalue weighted by molar-refractivity contribution is 0.630. The Hall–Kier alpha value is -0.300. The zero-order chi connectivity index (χ0) is 5.98. The Balaban J connectivity index is 2.06. The first-order chi connectivity index (χ1) is 3.83. The third-order valence-electron chi connectivity index (χ3n) is 1.43. The molecule has 1 heteroatoms. The van der Waals surface area contributed by atoms with Gasteiger partial charge in [0.2, 0.25) is 0 Å². The van der Waals surface area contributed by atoms with Crippen LogP contribution in [0.2, 0.25) is 0 Å². The average Bonchev–Trinajstić information content (AvgIpc) is 2.50. The molecule has 1 aliphatic rings. The fraction of sp³-hybridized carbons (Fsp3) is 0.714. The quantitative estimate of drug-likeness (QED) is 0.541. The van der Waals surface area contributed by atoms with Gasteiger partial charge in [0.1, 0.15) is 0 Å². The highest BCUT2D eigenvalue weighted by atomic mass is 15.0. The first kappa shape index (κ1) is 5.83.